The topological polar surface area (TPSA) is 42.3 Å². The van der Waals surface area contributed by atoms with Crippen LogP contribution in [0.25, 0.3) is 22.4 Å². The summed E-state index contributed by atoms with van der Waals surface area (Å²) in [5, 5.41) is 3.39. The number of aryl methyl sites for hydroxylation is 1. The van der Waals surface area contributed by atoms with E-state index in [1.165, 1.54) is 16.6 Å². The van der Waals surface area contributed by atoms with Crippen LogP contribution >= 0.6 is 0 Å². The Balaban J connectivity index is 1.77. The molecule has 0 aliphatic rings. The highest BCUT2D eigenvalue weighted by molar-refractivity contribution is 5.80. The lowest BCUT2D eigenvalue weighted by Gasteiger charge is -2.18. The van der Waals surface area contributed by atoms with Crippen LogP contribution in [-0.4, -0.2) is 54.3 Å². The molecule has 0 amide bonds. The summed E-state index contributed by atoms with van der Waals surface area (Å²) in [6, 6.07) is 17.2. The maximum absolute atomic E-state index is 5.08. The third kappa shape index (κ3) is 5.66. The summed E-state index contributed by atoms with van der Waals surface area (Å²) in [4.78, 5) is 7.43. The predicted molar refractivity (Wildman–Crippen MR) is 121 cm³/mol. The lowest BCUT2D eigenvalue weighted by atomic mass is 10.1. The number of nitrogens with one attached hydrogen (secondary N) is 1. The first kappa shape index (κ1) is 21.5. The molecule has 5 nitrogen and oxygen atoms in total. The largest absolute Gasteiger partial charge is 0.383 e. The van der Waals surface area contributed by atoms with Crippen LogP contribution in [-0.2, 0) is 17.8 Å². The van der Waals surface area contributed by atoms with Crippen LogP contribution in [0.2, 0.25) is 0 Å². The van der Waals surface area contributed by atoms with E-state index in [1.54, 1.807) is 7.11 Å². The van der Waals surface area contributed by atoms with Gasteiger partial charge in [-0.25, -0.2) is 4.98 Å². The highest BCUT2D eigenvalue weighted by Crippen LogP contribution is 2.25. The molecule has 5 heteroatoms. The third-order valence-electron chi connectivity index (χ3n) is 5.43. The Labute approximate surface area is 174 Å². The summed E-state index contributed by atoms with van der Waals surface area (Å²) in [6.07, 6.45) is 1.12. The average Bonchev–Trinajstić information content (AvgIpc) is 3.13. The minimum absolute atomic E-state index is 0.732. The molecule has 3 aromatic rings. The van der Waals surface area contributed by atoms with Gasteiger partial charge in [-0.1, -0.05) is 50.2 Å². The number of fused-ring (bicyclic) bond motifs is 1. The standard InChI is InChI=1S/C24H34N4O/c1-4-27(5-2)16-8-17-28-23-10-7-6-9-22(23)26-24(28)21-13-11-20(12-14-21)19-25-15-18-29-3/h6-7,9-14,25H,4-5,8,15-19H2,1-3H3. The second kappa shape index (κ2) is 11.1. The van der Waals surface area contributed by atoms with Crippen LogP contribution in [0.3, 0.4) is 0 Å². The van der Waals surface area contributed by atoms with Gasteiger partial charge in [0.05, 0.1) is 17.6 Å². The fraction of sp³-hybridized carbons (Fsp3) is 0.458. The molecule has 1 aromatic heterocycles. The average molecular weight is 395 g/mol. The number of para-hydroxylation sites is 2. The van der Waals surface area contributed by atoms with E-state index in [0.717, 1.165) is 63.6 Å². The summed E-state index contributed by atoms with van der Waals surface area (Å²) >= 11 is 0. The van der Waals surface area contributed by atoms with Crippen molar-refractivity contribution >= 4 is 11.0 Å². The van der Waals surface area contributed by atoms with Gasteiger partial charge in [-0.05, 0) is 43.8 Å². The number of benzene rings is 2. The zero-order valence-electron chi connectivity index (χ0n) is 18.0. The fourth-order valence-corrected chi connectivity index (χ4v) is 3.69. The molecular formula is C24H34N4O. The minimum Gasteiger partial charge on any atom is -0.383 e. The van der Waals surface area contributed by atoms with E-state index in [4.69, 9.17) is 9.72 Å². The first-order chi connectivity index (χ1) is 14.3. The van der Waals surface area contributed by atoms with Gasteiger partial charge in [0.2, 0.25) is 0 Å². The summed E-state index contributed by atoms with van der Waals surface area (Å²) in [6.45, 7) is 11.2. The van der Waals surface area contributed by atoms with E-state index >= 15 is 0 Å². The Bertz CT molecular complexity index is 868. The van der Waals surface area contributed by atoms with Crippen molar-refractivity contribution in [3.8, 4) is 11.4 Å². The number of rotatable bonds is 12. The molecule has 29 heavy (non-hydrogen) atoms. The summed E-state index contributed by atoms with van der Waals surface area (Å²) in [7, 11) is 1.73. The van der Waals surface area contributed by atoms with Gasteiger partial charge in [-0.15, -0.1) is 0 Å². The van der Waals surface area contributed by atoms with E-state index in [2.05, 4.69) is 77.2 Å². The van der Waals surface area contributed by atoms with Crippen molar-refractivity contribution in [2.75, 3.05) is 39.9 Å². The monoisotopic (exact) mass is 394 g/mol. The molecular weight excluding hydrogens is 360 g/mol. The van der Waals surface area contributed by atoms with Crippen LogP contribution in [0.15, 0.2) is 48.5 Å². The van der Waals surface area contributed by atoms with Crippen LogP contribution in [0.1, 0.15) is 25.8 Å². The molecule has 0 saturated carbocycles. The van der Waals surface area contributed by atoms with Gasteiger partial charge in [0, 0.05) is 32.3 Å². The van der Waals surface area contributed by atoms with Crippen LogP contribution in [0.5, 0.6) is 0 Å². The van der Waals surface area contributed by atoms with Crippen molar-refractivity contribution in [2.24, 2.45) is 0 Å². The van der Waals surface area contributed by atoms with Gasteiger partial charge in [0.25, 0.3) is 0 Å². The molecule has 0 saturated heterocycles. The lowest BCUT2D eigenvalue weighted by molar-refractivity contribution is 0.199. The first-order valence-corrected chi connectivity index (χ1v) is 10.7. The van der Waals surface area contributed by atoms with Crippen molar-refractivity contribution in [1.82, 2.24) is 19.8 Å². The van der Waals surface area contributed by atoms with Crippen LogP contribution in [0, 0.1) is 0 Å². The molecule has 1 heterocycles. The summed E-state index contributed by atoms with van der Waals surface area (Å²) in [5.41, 5.74) is 4.72. The highest BCUT2D eigenvalue weighted by Gasteiger charge is 2.12. The van der Waals surface area contributed by atoms with Crippen LogP contribution < -0.4 is 5.32 Å². The number of hydrogen-bond acceptors (Lipinski definition) is 4. The van der Waals surface area contributed by atoms with Gasteiger partial charge in [-0.3, -0.25) is 0 Å². The molecule has 0 atom stereocenters. The fourth-order valence-electron chi connectivity index (χ4n) is 3.69. The summed E-state index contributed by atoms with van der Waals surface area (Å²) < 4.78 is 7.46. The zero-order chi connectivity index (χ0) is 20.5. The Kier molecular flexibility index (Phi) is 8.23. The SMILES string of the molecule is CCN(CC)CCCn1c(-c2ccc(CNCCOC)cc2)nc2ccccc21. The molecule has 0 unspecified atom stereocenters. The Morgan fingerprint density at radius 2 is 1.79 bits per heavy atom. The van der Waals surface area contributed by atoms with E-state index in [1.807, 2.05) is 0 Å². The number of imidazole rings is 1. The molecule has 3 rings (SSSR count). The zero-order valence-corrected chi connectivity index (χ0v) is 18.0. The number of methoxy groups -OCH3 is 1. The van der Waals surface area contributed by atoms with Crippen molar-refractivity contribution in [3.63, 3.8) is 0 Å². The third-order valence-corrected chi connectivity index (χ3v) is 5.43. The van der Waals surface area contributed by atoms with E-state index in [-0.39, 0.29) is 0 Å². The maximum atomic E-state index is 5.08. The Morgan fingerprint density at radius 3 is 2.52 bits per heavy atom. The van der Waals surface area contributed by atoms with Crippen molar-refractivity contribution in [1.29, 1.82) is 0 Å². The smallest absolute Gasteiger partial charge is 0.141 e. The second-order valence-corrected chi connectivity index (χ2v) is 7.32. The van der Waals surface area contributed by atoms with Gasteiger partial charge >= 0.3 is 0 Å². The molecule has 2 aromatic carbocycles. The summed E-state index contributed by atoms with van der Waals surface area (Å²) in [5.74, 6) is 1.06. The van der Waals surface area contributed by atoms with Crippen molar-refractivity contribution < 1.29 is 4.74 Å². The molecule has 0 aliphatic carbocycles. The number of hydrogen-bond donors (Lipinski definition) is 1. The van der Waals surface area contributed by atoms with Gasteiger partial charge in [0.15, 0.2) is 0 Å². The lowest BCUT2D eigenvalue weighted by Crippen LogP contribution is -2.24. The first-order valence-electron chi connectivity index (χ1n) is 10.7. The molecule has 1 N–H and O–H groups in total. The molecule has 0 aliphatic heterocycles. The number of ether oxygens (including phenoxy) is 1. The molecule has 156 valence electrons. The van der Waals surface area contributed by atoms with Gasteiger partial charge < -0.3 is 19.5 Å². The second-order valence-electron chi connectivity index (χ2n) is 7.32. The van der Waals surface area contributed by atoms with Crippen LogP contribution in [0.4, 0.5) is 0 Å². The van der Waals surface area contributed by atoms with Crippen molar-refractivity contribution in [3.05, 3.63) is 54.1 Å². The minimum atomic E-state index is 0.732. The molecule has 0 spiro atoms. The molecule has 0 bridgehead atoms. The van der Waals surface area contributed by atoms with Gasteiger partial charge in [0.1, 0.15) is 5.82 Å². The Hall–Kier alpha value is -2.21. The quantitative estimate of drug-likeness (QED) is 0.468. The van der Waals surface area contributed by atoms with Gasteiger partial charge in [-0.2, -0.15) is 0 Å². The number of nitrogens with zero attached hydrogens (tertiary/aromatic N) is 3. The normalized spacial score (nSPS) is 11.6. The van der Waals surface area contributed by atoms with E-state index in [0.29, 0.717) is 0 Å². The molecule has 0 radical (unpaired) electrons. The van der Waals surface area contributed by atoms with E-state index in [9.17, 15) is 0 Å². The molecule has 0 fully saturated rings. The predicted octanol–water partition coefficient (Wildman–Crippen LogP) is 4.17. The highest BCUT2D eigenvalue weighted by atomic mass is 16.5. The number of aromatic nitrogens is 2. The Morgan fingerprint density at radius 1 is 1.03 bits per heavy atom. The maximum Gasteiger partial charge on any atom is 0.141 e. The van der Waals surface area contributed by atoms with Crippen molar-refractivity contribution in [2.45, 2.75) is 33.4 Å². The van der Waals surface area contributed by atoms with E-state index < -0.39 is 0 Å².